The van der Waals surface area contributed by atoms with Crippen molar-refractivity contribution >= 4 is 0 Å². The molecule has 1 unspecified atom stereocenters. The zero-order chi connectivity index (χ0) is 14.6. The molecule has 0 aromatic heterocycles. The molecule has 0 amide bonds. The molecular weight excluding hydrogens is 244 g/mol. The second-order valence-electron chi connectivity index (χ2n) is 7.17. The van der Waals surface area contributed by atoms with Gasteiger partial charge in [-0.1, -0.05) is 51.0 Å². The Labute approximate surface area is 124 Å². The summed E-state index contributed by atoms with van der Waals surface area (Å²) in [6.07, 6.45) is 5.44. The summed E-state index contributed by atoms with van der Waals surface area (Å²) in [5.74, 6) is 0. The summed E-state index contributed by atoms with van der Waals surface area (Å²) in [4.78, 5) is 2.24. The number of nitrogens with one attached hydrogen (secondary N) is 1. The van der Waals surface area contributed by atoms with Crippen LogP contribution in [-0.2, 0) is 13.1 Å². The van der Waals surface area contributed by atoms with E-state index in [4.69, 9.17) is 0 Å². The van der Waals surface area contributed by atoms with E-state index in [1.54, 1.807) is 0 Å². The third-order valence-electron chi connectivity index (χ3n) is 4.65. The maximum atomic E-state index is 3.82. The van der Waals surface area contributed by atoms with Crippen molar-refractivity contribution in [2.24, 2.45) is 5.41 Å². The van der Waals surface area contributed by atoms with Crippen LogP contribution in [-0.4, -0.2) is 25.0 Å². The molecule has 1 saturated carbocycles. The van der Waals surface area contributed by atoms with E-state index in [1.165, 1.54) is 36.8 Å². The Balaban J connectivity index is 2.00. The zero-order valence-corrected chi connectivity index (χ0v) is 13.6. The standard InChI is InChI=1S/C18H30N2/c1-18(2)12-8-7-11-17(18)19-13-15-9-5-6-10-16(15)14-20(3)4/h5-6,9-10,17,19H,7-8,11-14H2,1-4H3. The lowest BCUT2D eigenvalue weighted by Crippen LogP contribution is -2.43. The first-order valence-corrected chi connectivity index (χ1v) is 7.94. The molecule has 0 radical (unpaired) electrons. The van der Waals surface area contributed by atoms with E-state index in [9.17, 15) is 0 Å². The predicted molar refractivity (Wildman–Crippen MR) is 86.7 cm³/mol. The summed E-state index contributed by atoms with van der Waals surface area (Å²) in [5.41, 5.74) is 3.33. The molecule has 2 nitrogen and oxygen atoms in total. The maximum absolute atomic E-state index is 3.82. The number of hydrogen-bond donors (Lipinski definition) is 1. The first kappa shape index (κ1) is 15.5. The molecule has 1 N–H and O–H groups in total. The van der Waals surface area contributed by atoms with Gasteiger partial charge in [0, 0.05) is 19.1 Å². The molecule has 2 rings (SSSR count). The number of hydrogen-bond acceptors (Lipinski definition) is 2. The lowest BCUT2D eigenvalue weighted by Gasteiger charge is -2.39. The molecular formula is C18H30N2. The highest BCUT2D eigenvalue weighted by Crippen LogP contribution is 2.35. The van der Waals surface area contributed by atoms with Gasteiger partial charge in [-0.05, 0) is 43.5 Å². The van der Waals surface area contributed by atoms with Crippen LogP contribution in [0.15, 0.2) is 24.3 Å². The highest BCUT2D eigenvalue weighted by molar-refractivity contribution is 5.27. The van der Waals surface area contributed by atoms with Crippen molar-refractivity contribution in [3.63, 3.8) is 0 Å². The molecule has 112 valence electrons. The van der Waals surface area contributed by atoms with E-state index in [0.717, 1.165) is 13.1 Å². The first-order valence-electron chi connectivity index (χ1n) is 7.94. The summed E-state index contributed by atoms with van der Waals surface area (Å²) in [7, 11) is 4.27. The fourth-order valence-corrected chi connectivity index (χ4v) is 3.33. The average Bonchev–Trinajstić information content (AvgIpc) is 2.38. The molecule has 0 heterocycles. The van der Waals surface area contributed by atoms with Gasteiger partial charge in [-0.3, -0.25) is 0 Å². The van der Waals surface area contributed by atoms with Gasteiger partial charge in [-0.25, -0.2) is 0 Å². The van der Waals surface area contributed by atoms with Crippen LogP contribution in [0.5, 0.6) is 0 Å². The normalized spacial score (nSPS) is 22.1. The molecule has 1 atom stereocenters. The summed E-state index contributed by atoms with van der Waals surface area (Å²) in [6.45, 7) is 6.84. The number of benzene rings is 1. The molecule has 1 aliphatic carbocycles. The smallest absolute Gasteiger partial charge is 0.0230 e. The van der Waals surface area contributed by atoms with Crippen LogP contribution in [0.4, 0.5) is 0 Å². The van der Waals surface area contributed by atoms with Gasteiger partial charge < -0.3 is 10.2 Å². The van der Waals surface area contributed by atoms with Crippen LogP contribution in [0.1, 0.15) is 50.7 Å². The van der Waals surface area contributed by atoms with Gasteiger partial charge in [0.05, 0.1) is 0 Å². The van der Waals surface area contributed by atoms with Gasteiger partial charge in [0.15, 0.2) is 0 Å². The highest BCUT2D eigenvalue weighted by Gasteiger charge is 2.31. The van der Waals surface area contributed by atoms with Gasteiger partial charge in [0.2, 0.25) is 0 Å². The molecule has 0 aliphatic heterocycles. The molecule has 20 heavy (non-hydrogen) atoms. The maximum Gasteiger partial charge on any atom is 0.0230 e. The summed E-state index contributed by atoms with van der Waals surface area (Å²) in [6, 6.07) is 9.48. The summed E-state index contributed by atoms with van der Waals surface area (Å²) < 4.78 is 0. The SMILES string of the molecule is CN(C)Cc1ccccc1CNC1CCCCC1(C)C. The minimum atomic E-state index is 0.439. The molecule has 1 aromatic rings. The Bertz CT molecular complexity index is 423. The third-order valence-corrected chi connectivity index (χ3v) is 4.65. The van der Waals surface area contributed by atoms with Gasteiger partial charge in [0.1, 0.15) is 0 Å². The minimum absolute atomic E-state index is 0.439. The summed E-state index contributed by atoms with van der Waals surface area (Å²) >= 11 is 0. The van der Waals surface area contributed by atoms with Gasteiger partial charge in [-0.15, -0.1) is 0 Å². The number of rotatable bonds is 5. The summed E-state index contributed by atoms with van der Waals surface area (Å²) in [5, 5.41) is 3.82. The zero-order valence-electron chi connectivity index (χ0n) is 13.6. The monoisotopic (exact) mass is 274 g/mol. The van der Waals surface area contributed by atoms with E-state index in [1.807, 2.05) is 0 Å². The van der Waals surface area contributed by atoms with Crippen LogP contribution in [0.2, 0.25) is 0 Å². The van der Waals surface area contributed by atoms with Crippen molar-refractivity contribution in [1.82, 2.24) is 10.2 Å². The average molecular weight is 274 g/mol. The van der Waals surface area contributed by atoms with Gasteiger partial charge in [0.25, 0.3) is 0 Å². The lowest BCUT2D eigenvalue weighted by atomic mass is 9.73. The fraction of sp³-hybridized carbons (Fsp3) is 0.667. The molecule has 1 aromatic carbocycles. The van der Waals surface area contributed by atoms with Crippen molar-refractivity contribution < 1.29 is 0 Å². The van der Waals surface area contributed by atoms with Crippen molar-refractivity contribution in [3.8, 4) is 0 Å². The minimum Gasteiger partial charge on any atom is -0.309 e. The third kappa shape index (κ3) is 4.07. The van der Waals surface area contributed by atoms with Crippen molar-refractivity contribution in [3.05, 3.63) is 35.4 Å². The van der Waals surface area contributed by atoms with Crippen molar-refractivity contribution in [1.29, 1.82) is 0 Å². The van der Waals surface area contributed by atoms with E-state index < -0.39 is 0 Å². The second-order valence-corrected chi connectivity index (χ2v) is 7.17. The van der Waals surface area contributed by atoms with E-state index >= 15 is 0 Å². The molecule has 1 fully saturated rings. The topological polar surface area (TPSA) is 15.3 Å². The highest BCUT2D eigenvalue weighted by atomic mass is 15.0. The largest absolute Gasteiger partial charge is 0.309 e. The van der Waals surface area contributed by atoms with Crippen LogP contribution in [0.3, 0.4) is 0 Å². The Hall–Kier alpha value is -0.860. The predicted octanol–water partition coefficient (Wildman–Crippen LogP) is 3.81. The Morgan fingerprint density at radius 1 is 1.15 bits per heavy atom. The molecule has 2 heteroatoms. The van der Waals surface area contributed by atoms with Gasteiger partial charge in [-0.2, -0.15) is 0 Å². The van der Waals surface area contributed by atoms with Crippen LogP contribution >= 0.6 is 0 Å². The molecule has 0 bridgehead atoms. The Morgan fingerprint density at radius 3 is 2.50 bits per heavy atom. The van der Waals surface area contributed by atoms with Crippen molar-refractivity contribution in [2.75, 3.05) is 14.1 Å². The molecule has 0 spiro atoms. The van der Waals surface area contributed by atoms with E-state index in [0.29, 0.717) is 11.5 Å². The lowest BCUT2D eigenvalue weighted by molar-refractivity contribution is 0.166. The van der Waals surface area contributed by atoms with E-state index in [-0.39, 0.29) is 0 Å². The van der Waals surface area contributed by atoms with E-state index in [2.05, 4.69) is 62.4 Å². The fourth-order valence-electron chi connectivity index (χ4n) is 3.33. The molecule has 1 aliphatic rings. The quantitative estimate of drug-likeness (QED) is 0.878. The Morgan fingerprint density at radius 2 is 1.85 bits per heavy atom. The van der Waals surface area contributed by atoms with Crippen molar-refractivity contribution in [2.45, 2.75) is 58.7 Å². The van der Waals surface area contributed by atoms with Crippen LogP contribution in [0.25, 0.3) is 0 Å². The number of nitrogens with zero attached hydrogens (tertiary/aromatic N) is 1. The van der Waals surface area contributed by atoms with Crippen LogP contribution in [0, 0.1) is 5.41 Å². The second kappa shape index (κ2) is 6.73. The van der Waals surface area contributed by atoms with Crippen LogP contribution < -0.4 is 5.32 Å². The molecule has 0 saturated heterocycles. The Kier molecular flexibility index (Phi) is 5.22. The van der Waals surface area contributed by atoms with Gasteiger partial charge >= 0.3 is 0 Å². The first-order chi connectivity index (χ1) is 9.49.